The van der Waals surface area contributed by atoms with Gasteiger partial charge < -0.3 is 20.1 Å². The molecule has 1 unspecified atom stereocenters. The van der Waals surface area contributed by atoms with Crippen molar-refractivity contribution >= 4 is 17.7 Å². The molecule has 0 spiro atoms. The van der Waals surface area contributed by atoms with Gasteiger partial charge in [-0.1, -0.05) is 0 Å². The summed E-state index contributed by atoms with van der Waals surface area (Å²) in [5, 5.41) is 2.30. The summed E-state index contributed by atoms with van der Waals surface area (Å²) < 4.78 is 11.3. The van der Waals surface area contributed by atoms with Crippen LogP contribution in [0.25, 0.3) is 0 Å². The predicted molar refractivity (Wildman–Crippen MR) is 90.3 cm³/mol. The van der Waals surface area contributed by atoms with E-state index in [4.69, 9.17) is 15.2 Å². The van der Waals surface area contributed by atoms with Crippen LogP contribution in [-0.2, 0) is 20.9 Å². The molecule has 3 atom stereocenters. The van der Waals surface area contributed by atoms with Gasteiger partial charge in [0.2, 0.25) is 11.8 Å². The lowest BCUT2D eigenvalue weighted by Gasteiger charge is -2.29. The fraction of sp³-hybridized carbons (Fsp3) is 0.500. The van der Waals surface area contributed by atoms with Gasteiger partial charge in [0, 0.05) is 24.9 Å². The Kier molecular flexibility index (Phi) is 4.37. The lowest BCUT2D eigenvalue weighted by Crippen LogP contribution is -2.52. The maximum Gasteiger partial charge on any atom is 0.255 e. The van der Waals surface area contributed by atoms with Gasteiger partial charge in [0.25, 0.3) is 5.91 Å². The number of rotatable bonds is 3. The first kappa shape index (κ1) is 17.0. The first-order chi connectivity index (χ1) is 12.5. The van der Waals surface area contributed by atoms with Crippen LogP contribution in [0.2, 0.25) is 0 Å². The molecule has 0 radical (unpaired) electrons. The highest BCUT2D eigenvalue weighted by Gasteiger charge is 2.39. The standard InChI is InChI=1S/C18H21N3O5/c19-13-9-25-6-5-15(13)26-11-1-2-12-10(7-11)8-21(18(12)24)14-3-4-16(22)20-17(14)23/h1-2,7,13-15H,3-6,8-9,19H2,(H,20,22,23)/t13-,14?,15-/m1/s1. The highest BCUT2D eigenvalue weighted by Crippen LogP contribution is 2.30. The van der Waals surface area contributed by atoms with Crippen LogP contribution in [0.1, 0.15) is 35.2 Å². The van der Waals surface area contributed by atoms with Gasteiger partial charge in [0.05, 0.1) is 19.3 Å². The highest BCUT2D eigenvalue weighted by molar-refractivity contribution is 6.05. The normalized spacial score (nSPS) is 28.7. The van der Waals surface area contributed by atoms with Crippen molar-refractivity contribution in [2.45, 2.75) is 44.0 Å². The third-order valence-electron chi connectivity index (χ3n) is 5.12. The number of carbonyl (C=O) groups excluding carboxylic acids is 3. The Morgan fingerprint density at radius 3 is 2.85 bits per heavy atom. The van der Waals surface area contributed by atoms with Crippen LogP contribution in [0.3, 0.4) is 0 Å². The zero-order valence-electron chi connectivity index (χ0n) is 14.3. The van der Waals surface area contributed by atoms with E-state index in [0.29, 0.717) is 37.5 Å². The first-order valence-electron chi connectivity index (χ1n) is 8.80. The van der Waals surface area contributed by atoms with Gasteiger partial charge >= 0.3 is 0 Å². The molecule has 8 heteroatoms. The largest absolute Gasteiger partial charge is 0.489 e. The Labute approximate surface area is 150 Å². The number of ether oxygens (including phenoxy) is 2. The summed E-state index contributed by atoms with van der Waals surface area (Å²) in [5.74, 6) is -0.237. The molecule has 0 saturated carbocycles. The maximum absolute atomic E-state index is 12.7. The summed E-state index contributed by atoms with van der Waals surface area (Å²) in [7, 11) is 0. The summed E-state index contributed by atoms with van der Waals surface area (Å²) in [6.45, 7) is 1.42. The molecule has 4 rings (SSSR count). The van der Waals surface area contributed by atoms with E-state index < -0.39 is 11.9 Å². The van der Waals surface area contributed by atoms with Crippen molar-refractivity contribution in [1.82, 2.24) is 10.2 Å². The lowest BCUT2D eigenvalue weighted by molar-refractivity contribution is -0.136. The average molecular weight is 359 g/mol. The topological polar surface area (TPSA) is 111 Å². The molecule has 3 amide bonds. The number of nitrogens with two attached hydrogens (primary N) is 1. The van der Waals surface area contributed by atoms with E-state index in [1.165, 1.54) is 4.90 Å². The lowest BCUT2D eigenvalue weighted by atomic mass is 10.0. The van der Waals surface area contributed by atoms with E-state index in [1.807, 2.05) is 6.07 Å². The molecule has 2 fully saturated rings. The highest BCUT2D eigenvalue weighted by atomic mass is 16.5. The first-order valence-corrected chi connectivity index (χ1v) is 8.80. The molecule has 3 aliphatic heterocycles. The number of hydrogen-bond acceptors (Lipinski definition) is 6. The second kappa shape index (κ2) is 6.69. The fourth-order valence-corrected chi connectivity index (χ4v) is 3.69. The Balaban J connectivity index is 1.49. The Morgan fingerprint density at radius 2 is 2.08 bits per heavy atom. The SMILES string of the molecule is N[C@@H]1COCC[C@H]1Oc1ccc2c(c1)CN(C1CCC(=O)NC1=O)C2=O. The monoisotopic (exact) mass is 359 g/mol. The molecule has 3 N–H and O–H groups in total. The molecule has 3 aliphatic rings. The molecule has 2 saturated heterocycles. The molecule has 26 heavy (non-hydrogen) atoms. The molecular formula is C18H21N3O5. The van der Waals surface area contributed by atoms with Gasteiger partial charge in [-0.05, 0) is 30.2 Å². The minimum Gasteiger partial charge on any atom is -0.489 e. The summed E-state index contributed by atoms with van der Waals surface area (Å²) in [6.07, 6.45) is 1.20. The maximum atomic E-state index is 12.7. The van der Waals surface area contributed by atoms with E-state index in [0.717, 1.165) is 12.0 Å². The number of hydrogen-bond donors (Lipinski definition) is 2. The van der Waals surface area contributed by atoms with Crippen LogP contribution >= 0.6 is 0 Å². The molecule has 138 valence electrons. The van der Waals surface area contributed by atoms with Crippen molar-refractivity contribution in [1.29, 1.82) is 0 Å². The Bertz CT molecular complexity index is 765. The predicted octanol–water partition coefficient (Wildman–Crippen LogP) is -0.0574. The van der Waals surface area contributed by atoms with Gasteiger partial charge in [0.1, 0.15) is 17.9 Å². The zero-order chi connectivity index (χ0) is 18.3. The van der Waals surface area contributed by atoms with Crippen molar-refractivity contribution in [3.05, 3.63) is 29.3 Å². The molecule has 8 nitrogen and oxygen atoms in total. The number of nitrogens with zero attached hydrogens (tertiary/aromatic N) is 1. The summed E-state index contributed by atoms with van der Waals surface area (Å²) in [6, 6.07) is 4.53. The Morgan fingerprint density at radius 1 is 1.23 bits per heavy atom. The molecule has 0 aliphatic carbocycles. The number of fused-ring (bicyclic) bond motifs is 1. The number of benzene rings is 1. The number of amides is 3. The van der Waals surface area contributed by atoms with E-state index in [2.05, 4.69) is 5.32 Å². The minimum atomic E-state index is -0.610. The average Bonchev–Trinajstić information content (AvgIpc) is 2.93. The number of nitrogens with one attached hydrogen (secondary N) is 1. The van der Waals surface area contributed by atoms with Crippen molar-refractivity contribution in [2.24, 2.45) is 5.73 Å². The van der Waals surface area contributed by atoms with Crippen LogP contribution < -0.4 is 15.8 Å². The quantitative estimate of drug-likeness (QED) is 0.732. The fourth-order valence-electron chi connectivity index (χ4n) is 3.69. The van der Waals surface area contributed by atoms with Gasteiger partial charge in [-0.15, -0.1) is 0 Å². The second-order valence-corrected chi connectivity index (χ2v) is 6.90. The summed E-state index contributed by atoms with van der Waals surface area (Å²) in [4.78, 5) is 37.6. The zero-order valence-corrected chi connectivity index (χ0v) is 14.3. The van der Waals surface area contributed by atoms with Gasteiger partial charge in [-0.3, -0.25) is 19.7 Å². The number of imide groups is 1. The van der Waals surface area contributed by atoms with E-state index in [9.17, 15) is 14.4 Å². The Hall–Kier alpha value is -2.45. The summed E-state index contributed by atoms with van der Waals surface area (Å²) >= 11 is 0. The van der Waals surface area contributed by atoms with Crippen molar-refractivity contribution < 1.29 is 23.9 Å². The third-order valence-corrected chi connectivity index (χ3v) is 5.12. The van der Waals surface area contributed by atoms with Crippen LogP contribution in [0.4, 0.5) is 0 Å². The minimum absolute atomic E-state index is 0.120. The smallest absolute Gasteiger partial charge is 0.255 e. The van der Waals surface area contributed by atoms with Gasteiger partial charge in [0.15, 0.2) is 0 Å². The molecule has 1 aromatic rings. The number of piperidine rings is 1. The van der Waals surface area contributed by atoms with Gasteiger partial charge in [-0.2, -0.15) is 0 Å². The molecule has 0 aromatic heterocycles. The molecule has 1 aromatic carbocycles. The molecule has 0 bridgehead atoms. The molecule has 3 heterocycles. The van der Waals surface area contributed by atoms with Crippen LogP contribution in [0.15, 0.2) is 18.2 Å². The van der Waals surface area contributed by atoms with E-state index in [1.54, 1.807) is 12.1 Å². The molecular weight excluding hydrogens is 338 g/mol. The van der Waals surface area contributed by atoms with Crippen LogP contribution in [0, 0.1) is 0 Å². The number of carbonyl (C=O) groups is 3. The van der Waals surface area contributed by atoms with Crippen molar-refractivity contribution in [2.75, 3.05) is 13.2 Å². The van der Waals surface area contributed by atoms with Crippen LogP contribution in [-0.4, -0.2) is 54.0 Å². The van der Waals surface area contributed by atoms with Crippen molar-refractivity contribution in [3.63, 3.8) is 0 Å². The van der Waals surface area contributed by atoms with E-state index >= 15 is 0 Å². The van der Waals surface area contributed by atoms with E-state index in [-0.39, 0.29) is 30.4 Å². The van der Waals surface area contributed by atoms with Crippen LogP contribution in [0.5, 0.6) is 5.75 Å². The van der Waals surface area contributed by atoms with Gasteiger partial charge in [-0.25, -0.2) is 0 Å². The van der Waals surface area contributed by atoms with Crippen molar-refractivity contribution in [3.8, 4) is 5.75 Å². The third kappa shape index (κ3) is 3.06. The second-order valence-electron chi connectivity index (χ2n) is 6.90. The summed E-state index contributed by atoms with van der Waals surface area (Å²) in [5.41, 5.74) is 7.41.